The van der Waals surface area contributed by atoms with Gasteiger partial charge in [0.05, 0.1) is 30.6 Å². The molecule has 0 aromatic rings. The monoisotopic (exact) mass is 489 g/mol. The first kappa shape index (κ1) is 27.4. The predicted molar refractivity (Wildman–Crippen MR) is 134 cm³/mol. The molecule has 0 aliphatic carbocycles. The molecule has 6 atom stereocenters. The summed E-state index contributed by atoms with van der Waals surface area (Å²) in [4.78, 5) is 46.8. The largest absolute Gasteiger partial charge is 0.394 e. The van der Waals surface area contributed by atoms with E-state index in [1.165, 1.54) is 0 Å². The molecule has 2 bridgehead atoms. The maximum absolute atomic E-state index is 14.3. The van der Waals surface area contributed by atoms with E-state index >= 15 is 0 Å². The zero-order valence-electron chi connectivity index (χ0n) is 22.2. The number of nitrogens with zero attached hydrogens (tertiary/aromatic N) is 3. The number of ether oxygens (including phenoxy) is 1. The van der Waals surface area contributed by atoms with Gasteiger partial charge in [-0.1, -0.05) is 26.0 Å². The Balaban J connectivity index is 2.13. The van der Waals surface area contributed by atoms with E-state index in [9.17, 15) is 19.5 Å². The topological polar surface area (TPSA) is 90.4 Å². The number of aliphatic hydroxyl groups excluding tert-OH is 1. The van der Waals surface area contributed by atoms with Gasteiger partial charge in [-0.2, -0.15) is 0 Å². The van der Waals surface area contributed by atoms with Crippen LogP contribution in [-0.2, 0) is 19.1 Å². The summed E-state index contributed by atoms with van der Waals surface area (Å²) in [6.07, 6.45) is 4.62. The fraction of sp³-hybridized carbons (Fsp3) is 0.741. The third kappa shape index (κ3) is 4.55. The summed E-state index contributed by atoms with van der Waals surface area (Å²) >= 11 is 0. The van der Waals surface area contributed by atoms with Crippen LogP contribution in [0.5, 0.6) is 0 Å². The van der Waals surface area contributed by atoms with Gasteiger partial charge in [-0.25, -0.2) is 0 Å². The van der Waals surface area contributed by atoms with Gasteiger partial charge in [-0.3, -0.25) is 14.4 Å². The third-order valence-electron chi connectivity index (χ3n) is 7.77. The smallest absolute Gasteiger partial charge is 0.249 e. The Morgan fingerprint density at radius 2 is 1.86 bits per heavy atom. The highest BCUT2D eigenvalue weighted by molar-refractivity contribution is 5.99. The molecule has 0 aromatic carbocycles. The van der Waals surface area contributed by atoms with Crippen LogP contribution in [0.25, 0.3) is 0 Å². The lowest BCUT2D eigenvalue weighted by Crippen LogP contribution is -2.61. The summed E-state index contributed by atoms with van der Waals surface area (Å²) in [5, 5.41) is 10.4. The minimum Gasteiger partial charge on any atom is -0.394 e. The molecular formula is C27H43N3O5. The summed E-state index contributed by atoms with van der Waals surface area (Å²) in [5.74, 6) is -1.84. The molecule has 3 aliphatic rings. The van der Waals surface area contributed by atoms with E-state index in [1.54, 1.807) is 33.9 Å². The van der Waals surface area contributed by atoms with E-state index in [0.717, 1.165) is 0 Å². The zero-order chi connectivity index (χ0) is 26.3. The number of likely N-dealkylation sites (tertiary alicyclic amines) is 1. The number of likely N-dealkylation sites (N-methyl/N-ethyl adjacent to an activating group) is 1. The Kier molecular flexibility index (Phi) is 7.87. The van der Waals surface area contributed by atoms with Crippen LogP contribution in [0, 0.1) is 17.8 Å². The van der Waals surface area contributed by atoms with Crippen molar-refractivity contribution in [1.29, 1.82) is 0 Å². The third-order valence-corrected chi connectivity index (χ3v) is 7.77. The average molecular weight is 490 g/mol. The van der Waals surface area contributed by atoms with Gasteiger partial charge in [0.1, 0.15) is 11.6 Å². The van der Waals surface area contributed by atoms with Gasteiger partial charge in [0.25, 0.3) is 0 Å². The predicted octanol–water partition coefficient (Wildman–Crippen LogP) is 2.23. The number of amides is 3. The quantitative estimate of drug-likeness (QED) is 0.475. The average Bonchev–Trinajstić information content (AvgIpc) is 3.41. The summed E-state index contributed by atoms with van der Waals surface area (Å²) in [5.41, 5.74) is -1.60. The van der Waals surface area contributed by atoms with Crippen LogP contribution in [0.15, 0.2) is 25.3 Å². The molecule has 1 spiro atoms. The molecule has 3 aliphatic heterocycles. The maximum atomic E-state index is 14.3. The second-order valence-electron chi connectivity index (χ2n) is 11.7. The van der Waals surface area contributed by atoms with Crippen molar-refractivity contribution >= 4 is 17.7 Å². The first-order valence-corrected chi connectivity index (χ1v) is 12.7. The summed E-state index contributed by atoms with van der Waals surface area (Å²) in [6.45, 7) is 17.9. The molecule has 0 radical (unpaired) electrons. The van der Waals surface area contributed by atoms with Crippen molar-refractivity contribution in [3.63, 3.8) is 0 Å². The number of rotatable bonds is 10. The van der Waals surface area contributed by atoms with Crippen molar-refractivity contribution < 1.29 is 24.2 Å². The van der Waals surface area contributed by atoms with Crippen LogP contribution in [-0.4, -0.2) is 93.6 Å². The number of aliphatic hydroxyl groups is 1. The molecule has 196 valence electrons. The fourth-order valence-electron chi connectivity index (χ4n) is 6.37. The van der Waals surface area contributed by atoms with E-state index in [2.05, 4.69) is 13.2 Å². The number of carbonyl (C=O) groups excluding carboxylic acids is 3. The van der Waals surface area contributed by atoms with Gasteiger partial charge in [0, 0.05) is 25.7 Å². The van der Waals surface area contributed by atoms with E-state index in [1.807, 2.05) is 34.6 Å². The van der Waals surface area contributed by atoms with Gasteiger partial charge >= 0.3 is 0 Å². The Morgan fingerprint density at radius 3 is 2.37 bits per heavy atom. The van der Waals surface area contributed by atoms with Gasteiger partial charge in [-0.15, -0.1) is 13.2 Å². The van der Waals surface area contributed by atoms with Crippen molar-refractivity contribution in [3.05, 3.63) is 25.3 Å². The minimum atomic E-state index is -1.08. The van der Waals surface area contributed by atoms with Crippen molar-refractivity contribution in [3.8, 4) is 0 Å². The highest BCUT2D eigenvalue weighted by atomic mass is 16.5. The molecule has 2 unspecified atom stereocenters. The van der Waals surface area contributed by atoms with Gasteiger partial charge in [-0.05, 0) is 46.0 Å². The zero-order valence-corrected chi connectivity index (χ0v) is 22.2. The van der Waals surface area contributed by atoms with Crippen LogP contribution in [0.1, 0.15) is 53.9 Å². The molecule has 3 fully saturated rings. The lowest BCUT2D eigenvalue weighted by Gasteiger charge is -2.43. The van der Waals surface area contributed by atoms with E-state index in [4.69, 9.17) is 4.74 Å². The Bertz CT molecular complexity index is 865. The first-order chi connectivity index (χ1) is 16.3. The normalized spacial score (nSPS) is 30.4. The molecule has 3 amide bonds. The molecule has 3 heterocycles. The van der Waals surface area contributed by atoms with Crippen molar-refractivity contribution in [1.82, 2.24) is 14.7 Å². The molecule has 0 saturated carbocycles. The Labute approximate surface area is 210 Å². The Morgan fingerprint density at radius 1 is 1.23 bits per heavy atom. The lowest BCUT2D eigenvalue weighted by atomic mass is 9.70. The summed E-state index contributed by atoms with van der Waals surface area (Å²) in [7, 11) is 1.70. The summed E-state index contributed by atoms with van der Waals surface area (Å²) < 4.78 is 6.53. The lowest BCUT2D eigenvalue weighted by molar-refractivity contribution is -0.155. The van der Waals surface area contributed by atoms with Gasteiger partial charge < -0.3 is 24.5 Å². The van der Waals surface area contributed by atoms with Crippen LogP contribution < -0.4 is 0 Å². The van der Waals surface area contributed by atoms with Crippen molar-refractivity contribution in [2.45, 2.75) is 83.2 Å². The first-order valence-electron chi connectivity index (χ1n) is 12.7. The van der Waals surface area contributed by atoms with E-state index in [-0.39, 0.29) is 30.2 Å². The molecule has 8 heteroatoms. The Hall–Kier alpha value is -2.19. The van der Waals surface area contributed by atoms with Crippen LogP contribution in [0.4, 0.5) is 0 Å². The van der Waals surface area contributed by atoms with Gasteiger partial charge in [0.2, 0.25) is 17.7 Å². The second kappa shape index (κ2) is 10.1. The molecule has 35 heavy (non-hydrogen) atoms. The van der Waals surface area contributed by atoms with Crippen molar-refractivity contribution in [2.75, 3.05) is 26.7 Å². The fourth-order valence-corrected chi connectivity index (χ4v) is 6.37. The number of carbonyl (C=O) groups is 3. The minimum absolute atomic E-state index is 0.161. The molecule has 0 aromatic heterocycles. The number of hydrogen-bond donors (Lipinski definition) is 1. The van der Waals surface area contributed by atoms with Gasteiger partial charge in [0.15, 0.2) is 0 Å². The highest BCUT2D eigenvalue weighted by Crippen LogP contribution is 2.59. The molecular weight excluding hydrogens is 446 g/mol. The second-order valence-corrected chi connectivity index (χ2v) is 11.7. The molecule has 1 N–H and O–H groups in total. The van der Waals surface area contributed by atoms with Crippen LogP contribution in [0.2, 0.25) is 0 Å². The standard InChI is InChI=1S/C27H43N3O5/c1-9-13-28(8)23(32)20-19-11-12-27(35-19)21(20)24(33)30(18(16-31)15-17(3)4)22(27)25(34)29(14-10-2)26(5,6)7/h9-10,17-22,31H,1-2,11-16H2,3-8H3/t18-,19+,20-,21+,22?,27?/m1/s1. The molecule has 8 nitrogen and oxygen atoms in total. The highest BCUT2D eigenvalue weighted by Gasteiger charge is 2.75. The van der Waals surface area contributed by atoms with E-state index < -0.39 is 41.2 Å². The number of fused-ring (bicyclic) bond motifs is 1. The van der Waals surface area contributed by atoms with Crippen LogP contribution in [0.3, 0.4) is 0 Å². The molecule has 3 saturated heterocycles. The van der Waals surface area contributed by atoms with Crippen LogP contribution >= 0.6 is 0 Å². The summed E-state index contributed by atoms with van der Waals surface area (Å²) in [6, 6.07) is -1.44. The van der Waals surface area contributed by atoms with E-state index in [0.29, 0.717) is 32.4 Å². The maximum Gasteiger partial charge on any atom is 0.249 e. The van der Waals surface area contributed by atoms with Crippen molar-refractivity contribution in [2.24, 2.45) is 17.8 Å². The molecule has 3 rings (SSSR count). The SMILES string of the molecule is C=CCN(C)C(=O)[C@@H]1[C@@H]2CCC3(O2)C(C(=O)N(CC=C)C(C)(C)C)N([C@@H](CO)CC(C)C)C(=O)[C@H]13. The number of hydrogen-bond acceptors (Lipinski definition) is 5.